The van der Waals surface area contributed by atoms with E-state index in [1.807, 2.05) is 36.0 Å². The van der Waals surface area contributed by atoms with E-state index in [-0.39, 0.29) is 0 Å². The average Bonchev–Trinajstić information content (AvgIpc) is 2.92. The zero-order valence-corrected chi connectivity index (χ0v) is 11.4. The summed E-state index contributed by atoms with van der Waals surface area (Å²) in [4.78, 5) is 1.39. The van der Waals surface area contributed by atoms with Gasteiger partial charge in [0.05, 0.1) is 18.9 Å². The topological polar surface area (TPSA) is 21.3 Å². The third-order valence-corrected chi connectivity index (χ3v) is 5.22. The lowest BCUT2D eigenvalue weighted by Gasteiger charge is -2.21. The fourth-order valence-electron chi connectivity index (χ4n) is 2.23. The molecule has 0 bridgehead atoms. The number of nitrogens with one attached hydrogen (secondary N) is 1. The molecule has 3 heterocycles. The Balaban J connectivity index is 1.94. The van der Waals surface area contributed by atoms with Gasteiger partial charge < -0.3 is 10.1 Å². The van der Waals surface area contributed by atoms with Crippen molar-refractivity contribution in [1.82, 2.24) is 5.32 Å². The summed E-state index contributed by atoms with van der Waals surface area (Å²) in [5.41, 5.74) is 1.37. The quantitative estimate of drug-likeness (QED) is 0.908. The number of thiophene rings is 2. The smallest absolute Gasteiger partial charge is 0.0876 e. The van der Waals surface area contributed by atoms with Crippen LogP contribution in [-0.2, 0) is 4.74 Å². The van der Waals surface area contributed by atoms with Crippen LogP contribution < -0.4 is 5.32 Å². The molecule has 3 rings (SSSR count). The van der Waals surface area contributed by atoms with Crippen molar-refractivity contribution in [3.05, 3.63) is 34.2 Å². The van der Waals surface area contributed by atoms with E-state index in [0.29, 0.717) is 6.04 Å². The highest BCUT2D eigenvalue weighted by Crippen LogP contribution is 2.37. The highest BCUT2D eigenvalue weighted by atomic mass is 32.1. The van der Waals surface area contributed by atoms with Crippen LogP contribution in [0.3, 0.4) is 0 Å². The van der Waals surface area contributed by atoms with Crippen molar-refractivity contribution in [2.45, 2.75) is 18.9 Å². The number of rotatable bonds is 3. The molecule has 0 saturated heterocycles. The van der Waals surface area contributed by atoms with Gasteiger partial charge >= 0.3 is 0 Å². The molecule has 2 aromatic heterocycles. The Kier molecular flexibility index (Phi) is 3.18. The van der Waals surface area contributed by atoms with Crippen LogP contribution in [0, 0.1) is 0 Å². The molecule has 0 aliphatic carbocycles. The second-order valence-electron chi connectivity index (χ2n) is 4.19. The predicted molar refractivity (Wildman–Crippen MR) is 74.8 cm³/mol. The predicted octanol–water partition coefficient (Wildman–Crippen LogP) is 3.92. The van der Waals surface area contributed by atoms with Gasteiger partial charge in [0.1, 0.15) is 0 Å². The van der Waals surface area contributed by atoms with E-state index >= 15 is 0 Å². The van der Waals surface area contributed by atoms with Gasteiger partial charge in [-0.1, -0.05) is 0 Å². The molecule has 0 spiro atoms. The first-order chi connectivity index (χ1) is 8.38. The van der Waals surface area contributed by atoms with Crippen LogP contribution in [0.15, 0.2) is 29.3 Å². The van der Waals surface area contributed by atoms with Crippen LogP contribution in [0.25, 0.3) is 9.40 Å². The zero-order chi connectivity index (χ0) is 11.7. The molecule has 4 heteroatoms. The molecular weight excluding hydrogens is 250 g/mol. The molecule has 0 fully saturated rings. The summed E-state index contributed by atoms with van der Waals surface area (Å²) in [6, 6.07) is 4.83. The normalized spacial score (nSPS) is 17.8. The number of fused-ring (bicyclic) bond motifs is 1. The van der Waals surface area contributed by atoms with Gasteiger partial charge in [-0.3, -0.25) is 0 Å². The van der Waals surface area contributed by atoms with Crippen LogP contribution in [0.4, 0.5) is 0 Å². The molecule has 0 saturated carbocycles. The maximum absolute atomic E-state index is 5.45. The SMILES string of the molecule is CNC(C1=COCCC1)c1cc2sccc2s1. The summed E-state index contributed by atoms with van der Waals surface area (Å²) in [6.45, 7) is 0.861. The summed E-state index contributed by atoms with van der Waals surface area (Å²) >= 11 is 3.70. The highest BCUT2D eigenvalue weighted by Gasteiger charge is 2.19. The third-order valence-electron chi connectivity index (χ3n) is 3.06. The van der Waals surface area contributed by atoms with Crippen molar-refractivity contribution >= 4 is 32.1 Å². The maximum atomic E-state index is 5.45. The first kappa shape index (κ1) is 11.3. The third kappa shape index (κ3) is 2.12. The van der Waals surface area contributed by atoms with Gasteiger partial charge in [0.25, 0.3) is 0 Å². The maximum Gasteiger partial charge on any atom is 0.0876 e. The first-order valence-corrected chi connectivity index (χ1v) is 7.53. The second-order valence-corrected chi connectivity index (χ2v) is 6.25. The van der Waals surface area contributed by atoms with Gasteiger partial charge in [-0.2, -0.15) is 0 Å². The van der Waals surface area contributed by atoms with E-state index in [9.17, 15) is 0 Å². The lowest BCUT2D eigenvalue weighted by molar-refractivity contribution is 0.220. The Morgan fingerprint density at radius 2 is 2.35 bits per heavy atom. The van der Waals surface area contributed by atoms with Crippen molar-refractivity contribution in [3.63, 3.8) is 0 Å². The van der Waals surface area contributed by atoms with Crippen molar-refractivity contribution in [1.29, 1.82) is 0 Å². The molecule has 17 heavy (non-hydrogen) atoms. The van der Waals surface area contributed by atoms with Crippen LogP contribution in [0.2, 0.25) is 0 Å². The molecule has 0 radical (unpaired) electrons. The van der Waals surface area contributed by atoms with Gasteiger partial charge in [-0.15, -0.1) is 22.7 Å². The molecule has 1 unspecified atom stereocenters. The Morgan fingerprint density at radius 1 is 1.41 bits per heavy atom. The number of hydrogen-bond acceptors (Lipinski definition) is 4. The summed E-state index contributed by atoms with van der Waals surface area (Å²) in [5, 5.41) is 5.56. The fraction of sp³-hybridized carbons (Fsp3) is 0.385. The van der Waals surface area contributed by atoms with Gasteiger partial charge in [0, 0.05) is 14.3 Å². The second kappa shape index (κ2) is 4.80. The van der Waals surface area contributed by atoms with Gasteiger partial charge in [0.2, 0.25) is 0 Å². The van der Waals surface area contributed by atoms with Gasteiger partial charge in [-0.25, -0.2) is 0 Å². The van der Waals surface area contributed by atoms with E-state index < -0.39 is 0 Å². The minimum absolute atomic E-state index is 0.319. The molecule has 0 aromatic carbocycles. The molecule has 1 N–H and O–H groups in total. The minimum atomic E-state index is 0.319. The van der Waals surface area contributed by atoms with Crippen molar-refractivity contribution < 1.29 is 4.74 Å². The Morgan fingerprint density at radius 3 is 3.06 bits per heavy atom. The zero-order valence-electron chi connectivity index (χ0n) is 9.73. The number of hydrogen-bond donors (Lipinski definition) is 1. The largest absolute Gasteiger partial charge is 0.501 e. The van der Waals surface area contributed by atoms with Gasteiger partial charge in [-0.05, 0) is 43.0 Å². The van der Waals surface area contributed by atoms with E-state index in [1.165, 1.54) is 19.9 Å². The van der Waals surface area contributed by atoms with Crippen LogP contribution in [0.5, 0.6) is 0 Å². The number of likely N-dealkylation sites (N-methyl/N-ethyl adjacent to an activating group) is 1. The molecule has 1 atom stereocenters. The Labute approximate surface area is 109 Å². The Bertz CT molecular complexity index is 512. The lowest BCUT2D eigenvalue weighted by atomic mass is 10.0. The average molecular weight is 265 g/mol. The molecule has 1 aliphatic rings. The highest BCUT2D eigenvalue weighted by molar-refractivity contribution is 7.27. The van der Waals surface area contributed by atoms with Crippen LogP contribution in [0.1, 0.15) is 23.8 Å². The molecule has 1 aliphatic heterocycles. The molecule has 90 valence electrons. The standard InChI is InChI=1S/C13H15NOS2/c1-14-13(9-3-2-5-15-8-9)12-7-11-10(17-12)4-6-16-11/h4,6-8,13-14H,2-3,5H2,1H3. The van der Waals surface area contributed by atoms with E-state index in [2.05, 4.69) is 22.8 Å². The molecular formula is C13H15NOS2. The summed E-state index contributed by atoms with van der Waals surface area (Å²) in [6.07, 6.45) is 4.21. The summed E-state index contributed by atoms with van der Waals surface area (Å²) in [7, 11) is 2.02. The molecule has 2 aromatic rings. The van der Waals surface area contributed by atoms with Crippen molar-refractivity contribution in [2.75, 3.05) is 13.7 Å². The van der Waals surface area contributed by atoms with E-state index in [0.717, 1.165) is 19.4 Å². The van der Waals surface area contributed by atoms with E-state index in [1.54, 1.807) is 0 Å². The van der Waals surface area contributed by atoms with Crippen molar-refractivity contribution in [3.8, 4) is 0 Å². The monoisotopic (exact) mass is 265 g/mol. The summed E-state index contributed by atoms with van der Waals surface area (Å²) < 4.78 is 8.23. The number of ether oxygens (including phenoxy) is 1. The van der Waals surface area contributed by atoms with Crippen molar-refractivity contribution in [2.24, 2.45) is 0 Å². The molecule has 0 amide bonds. The lowest BCUT2D eigenvalue weighted by Crippen LogP contribution is -2.19. The van der Waals surface area contributed by atoms with Gasteiger partial charge in [0.15, 0.2) is 0 Å². The fourth-order valence-corrected chi connectivity index (χ4v) is 4.51. The Hall–Kier alpha value is -0.840. The van der Waals surface area contributed by atoms with E-state index in [4.69, 9.17) is 4.74 Å². The van der Waals surface area contributed by atoms with Crippen LogP contribution >= 0.6 is 22.7 Å². The van der Waals surface area contributed by atoms with Crippen LogP contribution in [-0.4, -0.2) is 13.7 Å². The summed E-state index contributed by atoms with van der Waals surface area (Å²) in [5.74, 6) is 0. The molecule has 2 nitrogen and oxygen atoms in total. The minimum Gasteiger partial charge on any atom is -0.501 e. The first-order valence-electron chi connectivity index (χ1n) is 5.83.